The number of phenols is 2. The number of halogens is 1. The van der Waals surface area contributed by atoms with Crippen LogP contribution in [0.15, 0.2) is 17.3 Å². The van der Waals surface area contributed by atoms with Gasteiger partial charge in [-0.3, -0.25) is 34.3 Å². The molecule has 1 saturated carbocycles. The van der Waals surface area contributed by atoms with E-state index in [4.69, 9.17) is 22.2 Å². The topological polar surface area (TPSA) is 349 Å². The van der Waals surface area contributed by atoms with Crippen molar-refractivity contribution in [2.75, 3.05) is 38.5 Å². The summed E-state index contributed by atoms with van der Waals surface area (Å²) in [7, 11) is 0. The van der Waals surface area contributed by atoms with Crippen molar-refractivity contribution in [2.24, 2.45) is 5.16 Å². The third kappa shape index (κ3) is 7.12. The average Bonchev–Trinajstić information content (AvgIpc) is 3.48. The van der Waals surface area contributed by atoms with Gasteiger partial charge in [-0.2, -0.15) is 9.36 Å². The van der Waals surface area contributed by atoms with Gasteiger partial charge in [0.1, 0.15) is 11.4 Å². The molecule has 4 aliphatic rings. The number of oxime groups is 1. The van der Waals surface area contributed by atoms with E-state index < -0.39 is 98.2 Å². The summed E-state index contributed by atoms with van der Waals surface area (Å²) >= 11 is 7.23. The number of aromatic hydroxyl groups is 2. The highest BCUT2D eigenvalue weighted by molar-refractivity contribution is 8.02. The summed E-state index contributed by atoms with van der Waals surface area (Å²) in [4.78, 5) is 110. The first-order valence-corrected chi connectivity index (χ1v) is 17.8. The molecule has 1 aromatic heterocycles. The SMILES string of the molecule is Nc1nc(/C(=N/OC2(C(=O)O)CC2)C(=O)N[C@@H]2C(=O)N3C[C@@](C(=O)O)(N4CCN(NC(=O)C(=O)NCCNC(=O)c5ccc(O)c(O)c5Cl)C4=O)S[C@H]23)ns1. The fourth-order valence-corrected chi connectivity index (χ4v) is 7.85. The molecule has 10 N–H and O–H groups in total. The lowest BCUT2D eigenvalue weighted by molar-refractivity contribution is -0.153. The van der Waals surface area contributed by atoms with Crippen LogP contribution in [0.2, 0.25) is 5.02 Å². The predicted molar refractivity (Wildman–Crippen MR) is 184 cm³/mol. The highest BCUT2D eigenvalue weighted by atomic mass is 35.5. The number of hydrogen-bond donors (Lipinski definition) is 9. The maximum absolute atomic E-state index is 13.4. The number of urea groups is 1. The van der Waals surface area contributed by atoms with E-state index in [2.05, 4.69) is 35.9 Å². The minimum atomic E-state index is -2.08. The van der Waals surface area contributed by atoms with Crippen molar-refractivity contribution in [3.63, 3.8) is 0 Å². The van der Waals surface area contributed by atoms with Gasteiger partial charge in [-0.05, 0) is 12.1 Å². The number of hydrazine groups is 1. The van der Waals surface area contributed by atoms with E-state index in [9.17, 15) is 58.8 Å². The van der Waals surface area contributed by atoms with Crippen molar-refractivity contribution < 1.29 is 63.6 Å². The number of carbonyl (C=O) groups excluding carboxylic acids is 6. The van der Waals surface area contributed by atoms with Gasteiger partial charge < -0.3 is 51.8 Å². The molecule has 3 aliphatic heterocycles. The van der Waals surface area contributed by atoms with Gasteiger partial charge in [-0.25, -0.2) is 19.4 Å². The van der Waals surface area contributed by atoms with Crippen LogP contribution in [0.1, 0.15) is 29.0 Å². The molecule has 7 amide bonds. The van der Waals surface area contributed by atoms with Crippen molar-refractivity contribution in [3.8, 4) is 11.5 Å². The minimum absolute atomic E-state index is 0.0538. The van der Waals surface area contributed by atoms with Gasteiger partial charge in [0.15, 0.2) is 16.6 Å². The van der Waals surface area contributed by atoms with Crippen molar-refractivity contribution in [1.29, 1.82) is 0 Å². The molecule has 0 spiro atoms. The summed E-state index contributed by atoms with van der Waals surface area (Å²) in [5.41, 5.74) is 5.32. The number of nitrogens with two attached hydrogens (primary N) is 1. The average molecular weight is 826 g/mol. The molecule has 27 heteroatoms. The third-order valence-electron chi connectivity index (χ3n) is 8.66. The number of thioether (sulfide) groups is 1. The molecule has 24 nitrogen and oxygen atoms in total. The molecular weight excluding hydrogens is 798 g/mol. The van der Waals surface area contributed by atoms with Gasteiger partial charge in [-0.1, -0.05) is 28.5 Å². The monoisotopic (exact) mass is 825 g/mol. The second-order valence-corrected chi connectivity index (χ2v) is 14.7. The number of anilines is 1. The first-order chi connectivity index (χ1) is 26.0. The van der Waals surface area contributed by atoms with Gasteiger partial charge >= 0.3 is 29.8 Å². The van der Waals surface area contributed by atoms with Gasteiger partial charge in [-0.15, -0.1) is 0 Å². The predicted octanol–water partition coefficient (Wildman–Crippen LogP) is -2.98. The summed E-state index contributed by atoms with van der Waals surface area (Å²) < 4.78 is 3.90. The number of rotatable bonds is 13. The summed E-state index contributed by atoms with van der Waals surface area (Å²) in [5, 5.41) is 48.9. The maximum atomic E-state index is 13.4. The van der Waals surface area contributed by atoms with Crippen LogP contribution in [0.4, 0.5) is 9.93 Å². The molecule has 3 saturated heterocycles. The van der Waals surface area contributed by atoms with E-state index >= 15 is 0 Å². The number of carboxylic acids is 2. The summed E-state index contributed by atoms with van der Waals surface area (Å²) in [6, 6.07) is -0.145. The minimum Gasteiger partial charge on any atom is -0.504 e. The quantitative estimate of drug-likeness (QED) is 0.0243. The number of fused-ring (bicyclic) bond motifs is 1. The van der Waals surface area contributed by atoms with E-state index in [0.29, 0.717) is 28.3 Å². The number of amides is 7. The summed E-state index contributed by atoms with van der Waals surface area (Å²) in [5.74, 6) is -9.41. The van der Waals surface area contributed by atoms with Crippen molar-refractivity contribution in [1.82, 2.24) is 45.5 Å². The van der Waals surface area contributed by atoms with Gasteiger partial charge in [0.05, 0.1) is 23.7 Å². The Bertz CT molecular complexity index is 2060. The number of nitrogens with zero attached hydrogens (tertiary/aromatic N) is 6. The van der Waals surface area contributed by atoms with Crippen LogP contribution in [0.5, 0.6) is 11.5 Å². The van der Waals surface area contributed by atoms with Gasteiger partial charge in [0.2, 0.25) is 27.9 Å². The van der Waals surface area contributed by atoms with Gasteiger partial charge in [0.25, 0.3) is 11.8 Å². The Kier molecular flexibility index (Phi) is 10.2. The number of nitrogens with one attached hydrogen (secondary N) is 4. The normalized spacial score (nSPS) is 22.3. The number of benzene rings is 1. The molecule has 6 rings (SSSR count). The molecule has 0 bridgehead atoms. The van der Waals surface area contributed by atoms with E-state index in [1.54, 1.807) is 0 Å². The smallest absolute Gasteiger partial charge is 0.350 e. The Balaban J connectivity index is 1.04. The highest BCUT2D eigenvalue weighted by Crippen LogP contribution is 2.49. The number of aromatic nitrogens is 2. The molecule has 1 aliphatic carbocycles. The zero-order chi connectivity index (χ0) is 40.0. The number of carbonyl (C=O) groups is 8. The Morgan fingerprint density at radius 2 is 1.73 bits per heavy atom. The highest BCUT2D eigenvalue weighted by Gasteiger charge is 2.66. The van der Waals surface area contributed by atoms with Crippen LogP contribution in [-0.4, -0.2) is 152 Å². The lowest BCUT2D eigenvalue weighted by Gasteiger charge is -2.41. The van der Waals surface area contributed by atoms with Crippen LogP contribution in [0.3, 0.4) is 0 Å². The van der Waals surface area contributed by atoms with Crippen molar-refractivity contribution in [3.05, 3.63) is 28.5 Å². The summed E-state index contributed by atoms with van der Waals surface area (Å²) in [6.07, 6.45) is 0.246. The second kappa shape index (κ2) is 14.6. The Morgan fingerprint density at radius 1 is 1.02 bits per heavy atom. The van der Waals surface area contributed by atoms with Crippen LogP contribution >= 0.6 is 34.9 Å². The molecule has 3 atom stereocenters. The molecule has 2 aromatic rings. The summed E-state index contributed by atoms with van der Waals surface area (Å²) in [6.45, 7) is -1.49. The molecule has 4 heterocycles. The fourth-order valence-electron chi connectivity index (χ4n) is 5.53. The van der Waals surface area contributed by atoms with Crippen LogP contribution in [0.25, 0.3) is 0 Å². The Hall–Kier alpha value is -6.15. The molecule has 292 valence electrons. The van der Waals surface area contributed by atoms with E-state index in [1.165, 1.54) is 0 Å². The molecule has 55 heavy (non-hydrogen) atoms. The van der Waals surface area contributed by atoms with Crippen LogP contribution in [0, 0.1) is 0 Å². The first kappa shape index (κ1) is 38.6. The third-order valence-corrected chi connectivity index (χ3v) is 11.3. The molecule has 0 radical (unpaired) electrons. The zero-order valence-corrected chi connectivity index (χ0v) is 30.1. The molecular formula is C28H28ClN11O13S2. The Morgan fingerprint density at radius 3 is 2.36 bits per heavy atom. The molecule has 4 fully saturated rings. The lowest BCUT2D eigenvalue weighted by Crippen LogP contribution is -2.68. The van der Waals surface area contributed by atoms with Crippen LogP contribution in [-0.2, 0) is 33.6 Å². The number of aliphatic carboxylic acids is 2. The number of β-lactam (4-membered cyclic amide) rings is 1. The number of hydrogen-bond acceptors (Lipinski definition) is 17. The molecule has 1 aromatic carbocycles. The fraction of sp³-hybridized carbons (Fsp3) is 0.393. The van der Waals surface area contributed by atoms with E-state index in [-0.39, 0.29) is 55.5 Å². The first-order valence-electron chi connectivity index (χ1n) is 15.8. The maximum Gasteiger partial charge on any atom is 0.350 e. The van der Waals surface area contributed by atoms with Gasteiger partial charge in [0, 0.05) is 44.0 Å². The largest absolute Gasteiger partial charge is 0.504 e. The molecule has 0 unspecified atom stereocenters. The second-order valence-electron chi connectivity index (χ2n) is 12.1. The van der Waals surface area contributed by atoms with E-state index in [1.807, 2.05) is 0 Å². The van der Waals surface area contributed by atoms with Crippen LogP contribution < -0.4 is 27.1 Å². The standard InChI is InChI=1S/C28H28ClN11O13S2/c29-12-10(1-2-11(41)15(12)42)17(43)31-5-6-32-19(45)20(46)35-40-8-7-39(26(40)52)28(24(50)51)9-38-21(47)14(22(38)54-28)33-18(44)13(16-34-25(30)55-37-16)36-53-27(3-4-27)23(48)49/h1-2,14,22,41-42H,3-9H2,(H,31,43)(H,32,45)(H,33,44)(H,35,46)(H,48,49)(H,50,51)(H2,30,34,37)/b36-13-/t14-,22-,28-/m1/s1. The van der Waals surface area contributed by atoms with E-state index in [0.717, 1.165) is 21.9 Å². The zero-order valence-electron chi connectivity index (χ0n) is 27.7. The number of carboxylic acid groups (broad SMARTS) is 2. The Labute approximate surface area is 320 Å². The van der Waals surface area contributed by atoms with Crippen molar-refractivity contribution in [2.45, 2.75) is 34.7 Å². The number of phenolic OH excluding ortho intramolecular Hbond substituents is 2. The lowest BCUT2D eigenvalue weighted by atomic mass is 10.1. The number of nitrogen functional groups attached to an aromatic ring is 1. The van der Waals surface area contributed by atoms with Crippen molar-refractivity contribution >= 4 is 93.2 Å².